The van der Waals surface area contributed by atoms with Gasteiger partial charge < -0.3 is 10.2 Å². The van der Waals surface area contributed by atoms with Gasteiger partial charge in [0.25, 0.3) is 0 Å². The van der Waals surface area contributed by atoms with Gasteiger partial charge in [0.05, 0.1) is 16.8 Å². The van der Waals surface area contributed by atoms with E-state index in [0.717, 1.165) is 6.42 Å². The summed E-state index contributed by atoms with van der Waals surface area (Å²) in [7, 11) is 0. The van der Waals surface area contributed by atoms with E-state index in [2.05, 4.69) is 21.2 Å². The van der Waals surface area contributed by atoms with Crippen LogP contribution < -0.4 is 10.2 Å². The quantitative estimate of drug-likeness (QED) is 0.907. The maximum atomic E-state index is 13.2. The molecule has 3 nitrogen and oxygen atoms in total. The number of benzene rings is 1. The molecule has 1 amide bonds. The Morgan fingerprint density at radius 1 is 1.53 bits per heavy atom. The molecule has 1 aromatic rings. The summed E-state index contributed by atoms with van der Waals surface area (Å²) in [6.45, 7) is 4.57. The Balaban J connectivity index is 2.27. The van der Waals surface area contributed by atoms with E-state index in [4.69, 9.17) is 11.6 Å². The van der Waals surface area contributed by atoms with E-state index in [1.807, 2.05) is 13.8 Å². The number of rotatable bonds is 3. The van der Waals surface area contributed by atoms with Crippen LogP contribution in [-0.2, 0) is 4.79 Å². The van der Waals surface area contributed by atoms with Crippen LogP contribution in [0.15, 0.2) is 16.6 Å². The third-order valence-electron chi connectivity index (χ3n) is 2.99. The maximum Gasteiger partial charge on any atom is 0.244 e. The summed E-state index contributed by atoms with van der Waals surface area (Å²) >= 11 is 9.32. The summed E-state index contributed by atoms with van der Waals surface area (Å²) in [4.78, 5) is 13.9. The molecule has 1 aromatic carbocycles. The largest absolute Gasteiger partial charge is 0.308 e. The van der Waals surface area contributed by atoms with E-state index in [1.165, 1.54) is 12.1 Å². The number of carbonyl (C=O) groups is 1. The number of nitrogens with one attached hydrogen (secondary N) is 1. The summed E-state index contributed by atoms with van der Waals surface area (Å²) in [5, 5.41) is 3.46. The van der Waals surface area contributed by atoms with E-state index in [9.17, 15) is 9.18 Å². The third kappa shape index (κ3) is 3.09. The lowest BCUT2D eigenvalue weighted by Gasteiger charge is -2.21. The molecule has 19 heavy (non-hydrogen) atoms. The Morgan fingerprint density at radius 2 is 2.21 bits per heavy atom. The van der Waals surface area contributed by atoms with Gasteiger partial charge in [-0.25, -0.2) is 4.39 Å². The topological polar surface area (TPSA) is 32.3 Å². The molecule has 1 N–H and O–H groups in total. The SMILES string of the molecule is CC(C)NC1CCN(c2c(Cl)cc(F)cc2Br)C1=O. The standard InChI is InChI=1S/C13H15BrClFN2O/c1-7(2)17-11-3-4-18(13(11)19)12-9(14)5-8(16)6-10(12)15/h5-7,11,17H,3-4H2,1-2H3. The molecule has 2 rings (SSSR count). The van der Waals surface area contributed by atoms with E-state index in [0.29, 0.717) is 16.7 Å². The molecule has 1 unspecified atom stereocenters. The number of hydrogen-bond donors (Lipinski definition) is 1. The number of carbonyl (C=O) groups excluding carboxylic acids is 1. The van der Waals surface area contributed by atoms with Gasteiger partial charge in [0.1, 0.15) is 5.82 Å². The van der Waals surface area contributed by atoms with Gasteiger partial charge in [0.15, 0.2) is 0 Å². The van der Waals surface area contributed by atoms with Gasteiger partial charge in [-0.1, -0.05) is 25.4 Å². The lowest BCUT2D eigenvalue weighted by atomic mass is 10.2. The maximum absolute atomic E-state index is 13.2. The molecule has 1 heterocycles. The first kappa shape index (κ1) is 14.8. The van der Waals surface area contributed by atoms with Gasteiger partial charge in [-0.15, -0.1) is 0 Å². The van der Waals surface area contributed by atoms with Crippen molar-refractivity contribution in [2.45, 2.75) is 32.4 Å². The zero-order valence-electron chi connectivity index (χ0n) is 10.7. The highest BCUT2D eigenvalue weighted by molar-refractivity contribution is 9.10. The molecule has 1 atom stereocenters. The minimum Gasteiger partial charge on any atom is -0.308 e. The molecule has 104 valence electrons. The summed E-state index contributed by atoms with van der Waals surface area (Å²) in [5.74, 6) is -0.452. The van der Waals surface area contributed by atoms with Crippen molar-refractivity contribution in [2.75, 3.05) is 11.4 Å². The second-order valence-electron chi connectivity index (χ2n) is 4.87. The Bertz CT molecular complexity index is 486. The fraction of sp³-hybridized carbons (Fsp3) is 0.462. The lowest BCUT2D eigenvalue weighted by molar-refractivity contribution is -0.118. The van der Waals surface area contributed by atoms with Crippen LogP contribution in [0.25, 0.3) is 0 Å². The van der Waals surface area contributed by atoms with E-state index in [1.54, 1.807) is 4.90 Å². The van der Waals surface area contributed by atoms with Crippen molar-refractivity contribution in [1.82, 2.24) is 5.32 Å². The summed E-state index contributed by atoms with van der Waals surface area (Å²) in [6, 6.07) is 2.57. The molecular formula is C13H15BrClFN2O. The molecule has 0 bridgehead atoms. The Kier molecular flexibility index (Phi) is 4.48. The second-order valence-corrected chi connectivity index (χ2v) is 6.13. The Morgan fingerprint density at radius 3 is 2.79 bits per heavy atom. The van der Waals surface area contributed by atoms with E-state index in [-0.39, 0.29) is 23.0 Å². The van der Waals surface area contributed by atoms with Crippen LogP contribution >= 0.6 is 27.5 Å². The number of halogens is 3. The molecule has 0 radical (unpaired) electrons. The van der Waals surface area contributed by atoms with Crippen LogP contribution in [0.5, 0.6) is 0 Å². The minimum atomic E-state index is -0.427. The average Bonchev–Trinajstić information content (AvgIpc) is 2.60. The molecule has 1 saturated heterocycles. The fourth-order valence-corrected chi connectivity index (χ4v) is 3.32. The summed E-state index contributed by atoms with van der Waals surface area (Å²) < 4.78 is 13.7. The molecule has 1 aliphatic heterocycles. The van der Waals surface area contributed by atoms with Crippen molar-refractivity contribution < 1.29 is 9.18 Å². The predicted octanol–water partition coefficient (Wildman–Crippen LogP) is 3.34. The van der Waals surface area contributed by atoms with Gasteiger partial charge in [-0.05, 0) is 34.5 Å². The summed E-state index contributed by atoms with van der Waals surface area (Å²) in [6.07, 6.45) is 0.719. The third-order valence-corrected chi connectivity index (χ3v) is 3.88. The highest BCUT2D eigenvalue weighted by Crippen LogP contribution is 2.37. The molecule has 6 heteroatoms. The van der Waals surface area contributed by atoms with Gasteiger partial charge >= 0.3 is 0 Å². The van der Waals surface area contributed by atoms with Crippen LogP contribution in [-0.4, -0.2) is 24.5 Å². The molecular weight excluding hydrogens is 335 g/mol. The zero-order valence-corrected chi connectivity index (χ0v) is 13.1. The van der Waals surface area contributed by atoms with Crippen LogP contribution in [0.2, 0.25) is 5.02 Å². The van der Waals surface area contributed by atoms with E-state index < -0.39 is 5.82 Å². The molecule has 0 saturated carbocycles. The van der Waals surface area contributed by atoms with Gasteiger partial charge in [-0.2, -0.15) is 0 Å². The zero-order chi connectivity index (χ0) is 14.2. The molecule has 0 spiro atoms. The second kappa shape index (κ2) is 5.77. The molecule has 1 aliphatic rings. The highest BCUT2D eigenvalue weighted by Gasteiger charge is 2.34. The van der Waals surface area contributed by atoms with Crippen LogP contribution in [0.3, 0.4) is 0 Å². The average molecular weight is 350 g/mol. The fourth-order valence-electron chi connectivity index (χ4n) is 2.25. The Hall–Kier alpha value is -0.650. The number of hydrogen-bond acceptors (Lipinski definition) is 2. The molecule has 0 aliphatic carbocycles. The van der Waals surface area contributed by atoms with Crippen molar-refractivity contribution in [3.8, 4) is 0 Å². The van der Waals surface area contributed by atoms with Crippen LogP contribution in [0.4, 0.5) is 10.1 Å². The van der Waals surface area contributed by atoms with Crippen molar-refractivity contribution in [3.05, 3.63) is 27.4 Å². The smallest absolute Gasteiger partial charge is 0.244 e. The highest BCUT2D eigenvalue weighted by atomic mass is 79.9. The summed E-state index contributed by atoms with van der Waals surface area (Å²) in [5.41, 5.74) is 0.543. The van der Waals surface area contributed by atoms with Gasteiger partial charge in [0.2, 0.25) is 5.91 Å². The number of anilines is 1. The van der Waals surface area contributed by atoms with Crippen LogP contribution in [0, 0.1) is 5.82 Å². The minimum absolute atomic E-state index is 0.0251. The lowest BCUT2D eigenvalue weighted by Crippen LogP contribution is -2.41. The number of nitrogens with zero attached hydrogens (tertiary/aromatic N) is 1. The van der Waals surface area contributed by atoms with Gasteiger partial charge in [-0.3, -0.25) is 4.79 Å². The normalized spacial score (nSPS) is 19.6. The van der Waals surface area contributed by atoms with Crippen molar-refractivity contribution >= 4 is 39.1 Å². The van der Waals surface area contributed by atoms with Crippen molar-refractivity contribution in [1.29, 1.82) is 0 Å². The number of amides is 1. The van der Waals surface area contributed by atoms with Crippen LogP contribution in [0.1, 0.15) is 20.3 Å². The first-order chi connectivity index (χ1) is 8.90. The van der Waals surface area contributed by atoms with Gasteiger partial charge in [0, 0.05) is 17.1 Å². The Labute approximate surface area is 125 Å². The molecule has 1 fully saturated rings. The first-order valence-electron chi connectivity index (χ1n) is 6.12. The molecule has 0 aromatic heterocycles. The van der Waals surface area contributed by atoms with E-state index >= 15 is 0 Å². The first-order valence-corrected chi connectivity index (χ1v) is 7.29. The van der Waals surface area contributed by atoms with Crippen molar-refractivity contribution in [3.63, 3.8) is 0 Å². The monoisotopic (exact) mass is 348 g/mol. The predicted molar refractivity (Wildman–Crippen MR) is 78.1 cm³/mol. The van der Waals surface area contributed by atoms with Crippen molar-refractivity contribution in [2.24, 2.45) is 0 Å².